The van der Waals surface area contributed by atoms with Crippen molar-refractivity contribution in [1.82, 2.24) is 10.9 Å². The van der Waals surface area contributed by atoms with Crippen LogP contribution in [0, 0.1) is 0 Å². The molecule has 1 heterocycles. The van der Waals surface area contributed by atoms with Crippen LogP contribution in [0.4, 0.5) is 0 Å². The van der Waals surface area contributed by atoms with Gasteiger partial charge in [-0.1, -0.05) is 32.9 Å². The molecule has 0 fully saturated rings. The van der Waals surface area contributed by atoms with Crippen LogP contribution in [0.25, 0.3) is 0 Å². The van der Waals surface area contributed by atoms with Crippen LogP contribution in [0.3, 0.4) is 0 Å². The third-order valence-corrected chi connectivity index (χ3v) is 3.15. The number of rotatable bonds is 4. The van der Waals surface area contributed by atoms with E-state index in [1.54, 1.807) is 6.07 Å². The molecule has 6 nitrogen and oxygen atoms in total. The summed E-state index contributed by atoms with van der Waals surface area (Å²) in [4.78, 5) is 23.2. The van der Waals surface area contributed by atoms with E-state index in [1.165, 1.54) is 17.9 Å². The maximum Gasteiger partial charge on any atom is 0.305 e. The molecule has 0 aliphatic heterocycles. The number of benzene rings is 1. The number of nitrogens with one attached hydrogen (secondary N) is 2. The van der Waals surface area contributed by atoms with E-state index in [2.05, 4.69) is 31.6 Å². The zero-order chi connectivity index (χ0) is 16.9. The first-order chi connectivity index (χ1) is 10.9. The SMILES string of the molecule is CC(C)(C)c1ccc(OCC(=O)NNC(=O)c2ccco2)cc1. The molecule has 2 aromatic rings. The molecule has 0 spiro atoms. The summed E-state index contributed by atoms with van der Waals surface area (Å²) in [6.45, 7) is 6.17. The van der Waals surface area contributed by atoms with Crippen molar-refractivity contribution in [2.45, 2.75) is 26.2 Å². The second-order valence-electron chi connectivity index (χ2n) is 6.04. The van der Waals surface area contributed by atoms with Gasteiger partial charge in [-0.15, -0.1) is 0 Å². The van der Waals surface area contributed by atoms with Gasteiger partial charge in [0, 0.05) is 0 Å². The normalized spacial score (nSPS) is 10.9. The fourth-order valence-electron chi connectivity index (χ4n) is 1.83. The van der Waals surface area contributed by atoms with E-state index in [4.69, 9.17) is 9.15 Å². The van der Waals surface area contributed by atoms with E-state index < -0.39 is 11.8 Å². The quantitative estimate of drug-likeness (QED) is 0.849. The molecular weight excluding hydrogens is 296 g/mol. The van der Waals surface area contributed by atoms with Crippen molar-refractivity contribution in [3.05, 3.63) is 54.0 Å². The fraction of sp³-hybridized carbons (Fsp3) is 0.294. The number of ether oxygens (including phenoxy) is 1. The van der Waals surface area contributed by atoms with Gasteiger partial charge in [0.1, 0.15) is 5.75 Å². The second-order valence-corrected chi connectivity index (χ2v) is 6.04. The van der Waals surface area contributed by atoms with E-state index in [-0.39, 0.29) is 17.8 Å². The molecule has 0 bridgehead atoms. The summed E-state index contributed by atoms with van der Waals surface area (Å²) in [5, 5.41) is 0. The van der Waals surface area contributed by atoms with Crippen LogP contribution in [-0.2, 0) is 10.2 Å². The van der Waals surface area contributed by atoms with Crippen LogP contribution in [0.15, 0.2) is 47.1 Å². The number of hydrogen-bond donors (Lipinski definition) is 2. The Morgan fingerprint density at radius 3 is 2.35 bits per heavy atom. The van der Waals surface area contributed by atoms with Crippen molar-refractivity contribution >= 4 is 11.8 Å². The van der Waals surface area contributed by atoms with E-state index in [0.29, 0.717) is 5.75 Å². The molecule has 122 valence electrons. The first-order valence-electron chi connectivity index (χ1n) is 7.22. The van der Waals surface area contributed by atoms with Crippen molar-refractivity contribution in [3.8, 4) is 5.75 Å². The minimum Gasteiger partial charge on any atom is -0.484 e. The van der Waals surface area contributed by atoms with Crippen LogP contribution in [0.1, 0.15) is 36.9 Å². The lowest BCUT2D eigenvalue weighted by molar-refractivity contribution is -0.123. The number of carbonyl (C=O) groups excluding carboxylic acids is 2. The van der Waals surface area contributed by atoms with Gasteiger partial charge in [-0.25, -0.2) is 0 Å². The number of furan rings is 1. The second kappa shape index (κ2) is 7.00. The zero-order valence-corrected chi connectivity index (χ0v) is 13.4. The van der Waals surface area contributed by atoms with Gasteiger partial charge in [0.15, 0.2) is 12.4 Å². The molecule has 2 amide bonds. The summed E-state index contributed by atoms with van der Waals surface area (Å²) >= 11 is 0. The average molecular weight is 316 g/mol. The molecule has 2 rings (SSSR count). The van der Waals surface area contributed by atoms with E-state index in [0.717, 1.165) is 0 Å². The molecule has 0 aliphatic carbocycles. The monoisotopic (exact) mass is 316 g/mol. The van der Waals surface area contributed by atoms with Crippen molar-refractivity contribution < 1.29 is 18.7 Å². The first kappa shape index (κ1) is 16.6. The predicted molar refractivity (Wildman–Crippen MR) is 85.0 cm³/mol. The maximum absolute atomic E-state index is 11.6. The van der Waals surface area contributed by atoms with Crippen LogP contribution in [-0.4, -0.2) is 18.4 Å². The van der Waals surface area contributed by atoms with Crippen molar-refractivity contribution in [1.29, 1.82) is 0 Å². The lowest BCUT2D eigenvalue weighted by atomic mass is 9.87. The Hall–Kier alpha value is -2.76. The van der Waals surface area contributed by atoms with Gasteiger partial charge < -0.3 is 9.15 Å². The minimum absolute atomic E-state index is 0.0615. The number of carbonyl (C=O) groups is 2. The maximum atomic E-state index is 11.6. The summed E-state index contributed by atoms with van der Waals surface area (Å²) < 4.78 is 10.3. The molecule has 1 aromatic carbocycles. The fourth-order valence-corrected chi connectivity index (χ4v) is 1.83. The highest BCUT2D eigenvalue weighted by Gasteiger charge is 2.13. The third-order valence-electron chi connectivity index (χ3n) is 3.15. The Morgan fingerprint density at radius 1 is 1.09 bits per heavy atom. The van der Waals surface area contributed by atoms with Gasteiger partial charge >= 0.3 is 5.91 Å². The highest BCUT2D eigenvalue weighted by Crippen LogP contribution is 2.24. The summed E-state index contributed by atoms with van der Waals surface area (Å²) in [5.41, 5.74) is 5.73. The summed E-state index contributed by atoms with van der Waals surface area (Å²) in [5.74, 6) is -0.294. The van der Waals surface area contributed by atoms with Crippen molar-refractivity contribution in [3.63, 3.8) is 0 Å². The van der Waals surface area contributed by atoms with Gasteiger partial charge in [-0.2, -0.15) is 0 Å². The lowest BCUT2D eigenvalue weighted by Crippen LogP contribution is -2.43. The highest BCUT2D eigenvalue weighted by atomic mass is 16.5. The average Bonchev–Trinajstić information content (AvgIpc) is 3.04. The van der Waals surface area contributed by atoms with Gasteiger partial charge in [-0.3, -0.25) is 20.4 Å². The molecule has 0 aliphatic rings. The van der Waals surface area contributed by atoms with Gasteiger partial charge in [0.05, 0.1) is 6.26 Å². The molecule has 23 heavy (non-hydrogen) atoms. The Morgan fingerprint density at radius 2 is 1.78 bits per heavy atom. The van der Waals surface area contributed by atoms with Gasteiger partial charge in [0.2, 0.25) is 0 Å². The first-order valence-corrected chi connectivity index (χ1v) is 7.22. The summed E-state index contributed by atoms with van der Waals surface area (Å²) in [6.07, 6.45) is 1.38. The van der Waals surface area contributed by atoms with Crippen LogP contribution >= 0.6 is 0 Å². The molecule has 0 atom stereocenters. The number of hydrogen-bond acceptors (Lipinski definition) is 4. The van der Waals surface area contributed by atoms with Crippen LogP contribution in [0.5, 0.6) is 5.75 Å². The van der Waals surface area contributed by atoms with E-state index in [9.17, 15) is 9.59 Å². The van der Waals surface area contributed by atoms with Crippen molar-refractivity contribution in [2.24, 2.45) is 0 Å². The molecule has 2 N–H and O–H groups in total. The van der Waals surface area contributed by atoms with E-state index in [1.807, 2.05) is 24.3 Å². The van der Waals surface area contributed by atoms with Gasteiger partial charge in [-0.05, 0) is 35.2 Å². The molecule has 0 radical (unpaired) electrons. The summed E-state index contributed by atoms with van der Waals surface area (Å²) in [6, 6.07) is 10.6. The van der Waals surface area contributed by atoms with Crippen LogP contribution in [0.2, 0.25) is 0 Å². The molecule has 0 unspecified atom stereocenters. The molecule has 0 saturated carbocycles. The van der Waals surface area contributed by atoms with Crippen molar-refractivity contribution in [2.75, 3.05) is 6.61 Å². The van der Waals surface area contributed by atoms with Crippen LogP contribution < -0.4 is 15.6 Å². The van der Waals surface area contributed by atoms with E-state index >= 15 is 0 Å². The lowest BCUT2D eigenvalue weighted by Gasteiger charge is -2.19. The number of hydrazine groups is 1. The summed E-state index contributed by atoms with van der Waals surface area (Å²) in [7, 11) is 0. The Bertz CT molecular complexity index is 655. The largest absolute Gasteiger partial charge is 0.484 e. The highest BCUT2D eigenvalue weighted by molar-refractivity contribution is 5.92. The standard InChI is InChI=1S/C17H20N2O4/c1-17(2,3)12-6-8-13(9-7-12)23-11-15(20)18-19-16(21)14-5-4-10-22-14/h4-10H,11H2,1-3H3,(H,18,20)(H,19,21). The Labute approximate surface area is 134 Å². The topological polar surface area (TPSA) is 80.6 Å². The number of amides is 2. The third kappa shape index (κ3) is 4.88. The molecule has 0 saturated heterocycles. The zero-order valence-electron chi connectivity index (χ0n) is 13.4. The van der Waals surface area contributed by atoms with Gasteiger partial charge in [0.25, 0.3) is 5.91 Å². The minimum atomic E-state index is -0.530. The molecule has 6 heteroatoms. The Kier molecular flexibility index (Phi) is 5.05. The molecular formula is C17H20N2O4. The smallest absolute Gasteiger partial charge is 0.305 e. The molecule has 1 aromatic heterocycles. The Balaban J connectivity index is 1.77. The predicted octanol–water partition coefficient (Wildman–Crippen LogP) is 2.42.